The van der Waals surface area contributed by atoms with Gasteiger partial charge in [0.1, 0.15) is 0 Å². The summed E-state index contributed by atoms with van der Waals surface area (Å²) in [5.41, 5.74) is 5.95. The van der Waals surface area contributed by atoms with Gasteiger partial charge in [-0.1, -0.05) is 0 Å². The largest absolute Gasteiger partial charge is 0.376 e. The molecule has 1 saturated carbocycles. The molecule has 4 atom stereocenters. The van der Waals surface area contributed by atoms with E-state index in [1.807, 2.05) is 0 Å². The van der Waals surface area contributed by atoms with Gasteiger partial charge in [-0.15, -0.1) is 0 Å². The van der Waals surface area contributed by atoms with Crippen LogP contribution in [0.4, 0.5) is 0 Å². The molecule has 0 amide bonds. The van der Waals surface area contributed by atoms with E-state index in [4.69, 9.17) is 10.5 Å². The highest BCUT2D eigenvalue weighted by Gasteiger charge is 2.34. The summed E-state index contributed by atoms with van der Waals surface area (Å²) in [7, 11) is 0. The van der Waals surface area contributed by atoms with Crippen LogP contribution >= 0.6 is 0 Å². The summed E-state index contributed by atoms with van der Waals surface area (Å²) in [6.07, 6.45) is 4.03. The van der Waals surface area contributed by atoms with Crippen LogP contribution in [0.2, 0.25) is 0 Å². The number of rotatable bonds is 1. The maximum absolute atomic E-state index is 5.95. The average molecular weight is 198 g/mol. The molecule has 0 radical (unpaired) electrons. The van der Waals surface area contributed by atoms with Crippen LogP contribution in [0.5, 0.6) is 0 Å². The van der Waals surface area contributed by atoms with Crippen LogP contribution in [0.3, 0.4) is 0 Å². The van der Waals surface area contributed by atoms with E-state index in [-0.39, 0.29) is 0 Å². The molecule has 14 heavy (non-hydrogen) atoms. The van der Waals surface area contributed by atoms with Crippen LogP contribution in [0.1, 0.15) is 33.1 Å². The van der Waals surface area contributed by atoms with Gasteiger partial charge in [-0.25, -0.2) is 0 Å². The van der Waals surface area contributed by atoms with E-state index in [0.717, 1.165) is 13.2 Å². The summed E-state index contributed by atoms with van der Waals surface area (Å²) in [6.45, 7) is 6.42. The lowest BCUT2D eigenvalue weighted by atomic mass is 10.1. The molecular weight excluding hydrogens is 176 g/mol. The first-order valence-corrected chi connectivity index (χ1v) is 5.81. The van der Waals surface area contributed by atoms with E-state index in [1.165, 1.54) is 19.3 Å². The Bertz CT molecular complexity index is 198. The molecule has 4 unspecified atom stereocenters. The van der Waals surface area contributed by atoms with E-state index < -0.39 is 0 Å². The SMILES string of the molecule is CC1OCCN(C2CCC(N)C2)C1C. The molecule has 2 aliphatic rings. The Balaban J connectivity index is 1.95. The van der Waals surface area contributed by atoms with Gasteiger partial charge >= 0.3 is 0 Å². The third-order valence-corrected chi connectivity index (χ3v) is 3.85. The lowest BCUT2D eigenvalue weighted by molar-refractivity contribution is -0.0706. The van der Waals surface area contributed by atoms with Gasteiger partial charge in [0, 0.05) is 24.7 Å². The second kappa shape index (κ2) is 4.17. The third kappa shape index (κ3) is 1.95. The Kier molecular flexibility index (Phi) is 3.10. The van der Waals surface area contributed by atoms with Crippen LogP contribution in [0.15, 0.2) is 0 Å². The first-order chi connectivity index (χ1) is 6.68. The average Bonchev–Trinajstić information content (AvgIpc) is 2.57. The molecule has 0 aromatic rings. The van der Waals surface area contributed by atoms with Crippen molar-refractivity contribution in [1.29, 1.82) is 0 Å². The minimum absolute atomic E-state index is 0.376. The van der Waals surface area contributed by atoms with Crippen molar-refractivity contribution in [2.24, 2.45) is 5.73 Å². The highest BCUT2D eigenvalue weighted by atomic mass is 16.5. The Morgan fingerprint density at radius 2 is 2.07 bits per heavy atom. The summed E-state index contributed by atoms with van der Waals surface area (Å²) >= 11 is 0. The fraction of sp³-hybridized carbons (Fsp3) is 1.00. The number of hydrogen-bond donors (Lipinski definition) is 1. The van der Waals surface area contributed by atoms with Gasteiger partial charge in [-0.3, -0.25) is 4.90 Å². The van der Waals surface area contributed by atoms with Crippen molar-refractivity contribution < 1.29 is 4.74 Å². The minimum atomic E-state index is 0.376. The van der Waals surface area contributed by atoms with Gasteiger partial charge in [0.25, 0.3) is 0 Å². The minimum Gasteiger partial charge on any atom is -0.376 e. The van der Waals surface area contributed by atoms with Crippen LogP contribution in [0, 0.1) is 0 Å². The van der Waals surface area contributed by atoms with Crippen molar-refractivity contribution in [3.05, 3.63) is 0 Å². The lowest BCUT2D eigenvalue weighted by Crippen LogP contribution is -2.52. The van der Waals surface area contributed by atoms with Crippen LogP contribution in [-0.2, 0) is 4.74 Å². The monoisotopic (exact) mass is 198 g/mol. The molecule has 2 rings (SSSR count). The van der Waals surface area contributed by atoms with E-state index in [1.54, 1.807) is 0 Å². The quantitative estimate of drug-likeness (QED) is 0.682. The topological polar surface area (TPSA) is 38.5 Å². The van der Waals surface area contributed by atoms with Crippen molar-refractivity contribution >= 4 is 0 Å². The smallest absolute Gasteiger partial charge is 0.0700 e. The first kappa shape index (κ1) is 10.4. The Morgan fingerprint density at radius 1 is 1.29 bits per heavy atom. The molecule has 0 spiro atoms. The molecule has 0 bridgehead atoms. The fourth-order valence-electron chi connectivity index (χ4n) is 2.76. The molecule has 1 heterocycles. The van der Waals surface area contributed by atoms with Gasteiger partial charge in [0.2, 0.25) is 0 Å². The number of hydrogen-bond acceptors (Lipinski definition) is 3. The first-order valence-electron chi connectivity index (χ1n) is 5.81. The molecule has 1 aliphatic carbocycles. The third-order valence-electron chi connectivity index (χ3n) is 3.85. The molecule has 2 N–H and O–H groups in total. The number of ether oxygens (including phenoxy) is 1. The van der Waals surface area contributed by atoms with Gasteiger partial charge in [0.15, 0.2) is 0 Å². The fourth-order valence-corrected chi connectivity index (χ4v) is 2.76. The van der Waals surface area contributed by atoms with Crippen LogP contribution < -0.4 is 5.73 Å². The summed E-state index contributed by atoms with van der Waals surface area (Å²) in [5, 5.41) is 0. The number of nitrogens with two attached hydrogens (primary N) is 1. The molecule has 3 heteroatoms. The molecule has 3 nitrogen and oxygen atoms in total. The normalized spacial score (nSPS) is 45.6. The molecule has 0 aromatic heterocycles. The van der Waals surface area contributed by atoms with Gasteiger partial charge < -0.3 is 10.5 Å². The van der Waals surface area contributed by atoms with Crippen molar-refractivity contribution in [3.8, 4) is 0 Å². The molecule has 1 saturated heterocycles. The maximum Gasteiger partial charge on any atom is 0.0700 e. The number of nitrogens with zero attached hydrogens (tertiary/aromatic N) is 1. The number of morpholine rings is 1. The molecular formula is C11H22N2O. The Hall–Kier alpha value is -0.120. The van der Waals surface area contributed by atoms with Crippen molar-refractivity contribution in [1.82, 2.24) is 4.90 Å². The summed E-state index contributed by atoms with van der Waals surface area (Å²) < 4.78 is 5.63. The zero-order valence-corrected chi connectivity index (χ0v) is 9.28. The van der Waals surface area contributed by atoms with E-state index in [0.29, 0.717) is 24.2 Å². The second-order valence-corrected chi connectivity index (χ2v) is 4.78. The summed E-state index contributed by atoms with van der Waals surface area (Å²) in [5.74, 6) is 0. The van der Waals surface area contributed by atoms with Crippen LogP contribution in [0.25, 0.3) is 0 Å². The molecule has 2 fully saturated rings. The van der Waals surface area contributed by atoms with E-state index >= 15 is 0 Å². The second-order valence-electron chi connectivity index (χ2n) is 4.78. The van der Waals surface area contributed by atoms with Crippen LogP contribution in [-0.4, -0.2) is 42.3 Å². The zero-order valence-electron chi connectivity index (χ0n) is 9.28. The predicted octanol–water partition coefficient (Wildman–Crippen LogP) is 0.975. The molecule has 1 aliphatic heterocycles. The van der Waals surface area contributed by atoms with Crippen molar-refractivity contribution in [2.75, 3.05) is 13.2 Å². The molecule has 82 valence electrons. The predicted molar refractivity (Wildman–Crippen MR) is 57.2 cm³/mol. The maximum atomic E-state index is 5.95. The summed E-state index contributed by atoms with van der Waals surface area (Å²) in [4.78, 5) is 2.60. The standard InChI is InChI=1S/C11H22N2O/c1-8-9(2)14-6-5-13(8)11-4-3-10(12)7-11/h8-11H,3-7,12H2,1-2H3. The van der Waals surface area contributed by atoms with Gasteiger partial charge in [-0.2, -0.15) is 0 Å². The zero-order chi connectivity index (χ0) is 10.1. The molecule has 0 aromatic carbocycles. The Labute approximate surface area is 86.6 Å². The highest BCUT2D eigenvalue weighted by molar-refractivity contribution is 4.90. The van der Waals surface area contributed by atoms with E-state index in [9.17, 15) is 0 Å². The summed E-state index contributed by atoms with van der Waals surface area (Å²) in [6, 6.07) is 1.70. The van der Waals surface area contributed by atoms with E-state index in [2.05, 4.69) is 18.7 Å². The van der Waals surface area contributed by atoms with Gasteiger partial charge in [-0.05, 0) is 33.1 Å². The van der Waals surface area contributed by atoms with Gasteiger partial charge in [0.05, 0.1) is 12.7 Å². The lowest BCUT2D eigenvalue weighted by Gasteiger charge is -2.41. The Morgan fingerprint density at radius 3 is 2.71 bits per heavy atom. The highest BCUT2D eigenvalue weighted by Crippen LogP contribution is 2.27. The van der Waals surface area contributed by atoms with Crippen molar-refractivity contribution in [3.63, 3.8) is 0 Å². The van der Waals surface area contributed by atoms with Crippen molar-refractivity contribution in [2.45, 2.75) is 57.3 Å².